The van der Waals surface area contributed by atoms with Gasteiger partial charge in [0.05, 0.1) is 16.6 Å². The number of thiazole rings is 1. The molecule has 0 unspecified atom stereocenters. The number of nitrogens with one attached hydrogen (secondary N) is 1. The van der Waals surface area contributed by atoms with Gasteiger partial charge in [0.2, 0.25) is 11.5 Å². The lowest BCUT2D eigenvalue weighted by atomic mass is 9.99. The van der Waals surface area contributed by atoms with Crippen LogP contribution in [0, 0.1) is 0 Å². The van der Waals surface area contributed by atoms with Crippen LogP contribution in [0.5, 0.6) is 5.75 Å². The molecule has 0 bridgehead atoms. The number of halogens is 5. The van der Waals surface area contributed by atoms with E-state index in [1.54, 1.807) is 18.2 Å². The predicted molar refractivity (Wildman–Crippen MR) is 95.9 cm³/mol. The molecule has 0 saturated carbocycles. The minimum absolute atomic E-state index is 0.0467. The van der Waals surface area contributed by atoms with E-state index in [-0.39, 0.29) is 17.0 Å². The number of anilines is 1. The normalized spacial score (nSPS) is 14.0. The van der Waals surface area contributed by atoms with Crippen molar-refractivity contribution in [2.75, 3.05) is 5.32 Å². The van der Waals surface area contributed by atoms with Gasteiger partial charge in [0.1, 0.15) is 10.8 Å². The molecule has 0 aliphatic heterocycles. The Kier molecular flexibility index (Phi) is 5.71. The van der Waals surface area contributed by atoms with E-state index in [0.717, 1.165) is 12.1 Å². The van der Waals surface area contributed by atoms with E-state index in [1.165, 1.54) is 18.2 Å². The topological polar surface area (TPSA) is 71.5 Å². The minimum atomic E-state index is -5.16. The number of hydrogen-bond donors (Lipinski definition) is 2. The second-order valence-electron chi connectivity index (χ2n) is 5.97. The van der Waals surface area contributed by atoms with Crippen molar-refractivity contribution >= 4 is 33.1 Å². The molecule has 11 heteroatoms. The average Bonchev–Trinajstić information content (AvgIpc) is 3.06. The number of fused-ring (bicyclic) bond motifs is 1. The van der Waals surface area contributed by atoms with Crippen molar-refractivity contribution in [3.8, 4) is 5.75 Å². The highest BCUT2D eigenvalue weighted by Crippen LogP contribution is 2.44. The highest BCUT2D eigenvalue weighted by molar-refractivity contribution is 7.18. The number of amides is 1. The summed E-state index contributed by atoms with van der Waals surface area (Å²) in [6.45, 7) is -3.04. The minimum Gasteiger partial charge on any atom is -0.435 e. The van der Waals surface area contributed by atoms with Crippen LogP contribution in [0.1, 0.15) is 11.4 Å². The fraction of sp³-hybridized carbons (Fsp3) is 0.222. The zero-order valence-corrected chi connectivity index (χ0v) is 15.2. The van der Waals surface area contributed by atoms with Crippen LogP contribution in [-0.2, 0) is 10.4 Å². The van der Waals surface area contributed by atoms with Gasteiger partial charge >= 0.3 is 12.8 Å². The number of nitrogens with zero attached hydrogens (tertiary/aromatic N) is 1. The molecule has 3 rings (SSSR count). The number of hydrogen-bond acceptors (Lipinski definition) is 5. The molecule has 3 aromatic rings. The molecule has 5 nitrogen and oxygen atoms in total. The van der Waals surface area contributed by atoms with Crippen LogP contribution in [0.15, 0.2) is 48.5 Å². The zero-order chi connectivity index (χ0) is 21.2. The standard InChI is InChI=1S/C18H13F5N2O3S/c19-16(20)28-11-7-5-10(6-8-11)24-14(26)9-17(27,18(21,22)23)15-25-12-3-1-2-4-13(12)29-15/h1-8,16,27H,9H2,(H,24,26)/t17-/m0/s1. The summed E-state index contributed by atoms with van der Waals surface area (Å²) in [5, 5.41) is 11.9. The molecule has 29 heavy (non-hydrogen) atoms. The molecular weight excluding hydrogens is 419 g/mol. The van der Waals surface area contributed by atoms with Crippen LogP contribution in [0.4, 0.5) is 27.6 Å². The van der Waals surface area contributed by atoms with E-state index < -0.39 is 35.7 Å². The van der Waals surface area contributed by atoms with Gasteiger partial charge in [-0.25, -0.2) is 4.98 Å². The largest absolute Gasteiger partial charge is 0.435 e. The fourth-order valence-electron chi connectivity index (χ4n) is 2.50. The van der Waals surface area contributed by atoms with Crippen LogP contribution in [0.2, 0.25) is 0 Å². The van der Waals surface area contributed by atoms with Crippen molar-refractivity contribution < 1.29 is 36.6 Å². The van der Waals surface area contributed by atoms with Gasteiger partial charge < -0.3 is 15.2 Å². The van der Waals surface area contributed by atoms with Crippen molar-refractivity contribution in [3.63, 3.8) is 0 Å². The van der Waals surface area contributed by atoms with Gasteiger partial charge in [-0.2, -0.15) is 22.0 Å². The monoisotopic (exact) mass is 432 g/mol. The number of carbonyl (C=O) groups excluding carboxylic acids is 1. The van der Waals surface area contributed by atoms with Gasteiger partial charge in [0, 0.05) is 5.69 Å². The van der Waals surface area contributed by atoms with Gasteiger partial charge in [-0.3, -0.25) is 4.79 Å². The molecule has 154 valence electrons. The lowest BCUT2D eigenvalue weighted by Crippen LogP contribution is -2.45. The Morgan fingerprint density at radius 2 is 1.79 bits per heavy atom. The van der Waals surface area contributed by atoms with Gasteiger partial charge in [-0.05, 0) is 36.4 Å². The summed E-state index contributed by atoms with van der Waals surface area (Å²) in [6.07, 6.45) is -6.49. The number of carbonyl (C=O) groups is 1. The second kappa shape index (κ2) is 7.91. The van der Waals surface area contributed by atoms with E-state index in [9.17, 15) is 31.9 Å². The first kappa shape index (κ1) is 20.9. The molecule has 1 aromatic heterocycles. The molecule has 0 radical (unpaired) electrons. The third kappa shape index (κ3) is 4.62. The molecule has 0 saturated heterocycles. The Morgan fingerprint density at radius 3 is 2.38 bits per heavy atom. The van der Waals surface area contributed by atoms with Gasteiger partial charge in [0.25, 0.3) is 0 Å². The molecule has 0 fully saturated rings. The summed E-state index contributed by atoms with van der Waals surface area (Å²) in [5.41, 5.74) is -3.17. The second-order valence-corrected chi connectivity index (χ2v) is 7.00. The third-order valence-electron chi connectivity index (χ3n) is 3.90. The maximum absolute atomic E-state index is 13.6. The van der Waals surface area contributed by atoms with Crippen LogP contribution >= 0.6 is 11.3 Å². The average molecular weight is 432 g/mol. The van der Waals surface area contributed by atoms with Crippen molar-refractivity contribution in [3.05, 3.63) is 53.5 Å². The predicted octanol–water partition coefficient (Wildman–Crippen LogP) is 4.68. The maximum atomic E-state index is 13.6. The number of aliphatic hydroxyl groups is 1. The highest BCUT2D eigenvalue weighted by atomic mass is 32.1. The number of para-hydroxylation sites is 1. The van der Waals surface area contributed by atoms with Crippen LogP contribution in [0.25, 0.3) is 10.2 Å². The Hall–Kier alpha value is -2.79. The van der Waals surface area contributed by atoms with Gasteiger partial charge in [0.15, 0.2) is 0 Å². The molecule has 2 aromatic carbocycles. The summed E-state index contributed by atoms with van der Waals surface area (Å²) in [7, 11) is 0. The molecule has 1 heterocycles. The molecule has 1 amide bonds. The van der Waals surface area contributed by atoms with Crippen molar-refractivity contribution in [1.29, 1.82) is 0 Å². The summed E-state index contributed by atoms with van der Waals surface area (Å²) < 4.78 is 69.8. The molecule has 2 N–H and O–H groups in total. The SMILES string of the molecule is O=C(C[C@](O)(c1nc2ccccc2s1)C(F)(F)F)Nc1ccc(OC(F)F)cc1. The van der Waals surface area contributed by atoms with Gasteiger partial charge in [-0.15, -0.1) is 11.3 Å². The zero-order valence-electron chi connectivity index (χ0n) is 14.4. The third-order valence-corrected chi connectivity index (χ3v) is 5.08. The van der Waals surface area contributed by atoms with Gasteiger partial charge in [-0.1, -0.05) is 12.1 Å². The maximum Gasteiger partial charge on any atom is 0.424 e. The Morgan fingerprint density at radius 1 is 1.14 bits per heavy atom. The lowest BCUT2D eigenvalue weighted by Gasteiger charge is -2.27. The van der Waals surface area contributed by atoms with Crippen LogP contribution < -0.4 is 10.1 Å². The quantitative estimate of drug-likeness (QED) is 0.555. The van der Waals surface area contributed by atoms with Crippen LogP contribution in [0.3, 0.4) is 0 Å². The molecule has 1 atom stereocenters. The first-order valence-corrected chi connectivity index (χ1v) is 8.90. The van der Waals surface area contributed by atoms with E-state index in [2.05, 4.69) is 15.0 Å². The Balaban J connectivity index is 1.80. The summed E-state index contributed by atoms with van der Waals surface area (Å²) in [4.78, 5) is 16.0. The molecular formula is C18H13F5N2O3S. The first-order chi connectivity index (χ1) is 13.6. The number of rotatable bonds is 6. The van der Waals surface area contributed by atoms with E-state index in [4.69, 9.17) is 0 Å². The molecule has 0 aliphatic carbocycles. The lowest BCUT2D eigenvalue weighted by molar-refractivity contribution is -0.266. The number of aromatic nitrogens is 1. The van der Waals surface area contributed by atoms with Crippen molar-refractivity contribution in [2.24, 2.45) is 0 Å². The van der Waals surface area contributed by atoms with Crippen LogP contribution in [-0.4, -0.2) is 28.8 Å². The summed E-state index contributed by atoms with van der Waals surface area (Å²) in [6, 6.07) is 10.8. The highest BCUT2D eigenvalue weighted by Gasteiger charge is 2.58. The summed E-state index contributed by atoms with van der Waals surface area (Å²) in [5.74, 6) is -1.31. The Bertz CT molecular complexity index is 974. The first-order valence-electron chi connectivity index (χ1n) is 8.08. The van der Waals surface area contributed by atoms with E-state index in [0.29, 0.717) is 16.0 Å². The Labute approximate surface area is 164 Å². The fourth-order valence-corrected chi connectivity index (χ4v) is 3.58. The van der Waals surface area contributed by atoms with Crippen molar-refractivity contribution in [2.45, 2.75) is 24.8 Å². The summed E-state index contributed by atoms with van der Waals surface area (Å²) >= 11 is 0.638. The van der Waals surface area contributed by atoms with E-state index in [1.807, 2.05) is 0 Å². The van der Waals surface area contributed by atoms with E-state index >= 15 is 0 Å². The smallest absolute Gasteiger partial charge is 0.424 e. The number of benzene rings is 2. The molecule has 0 spiro atoms. The molecule has 0 aliphatic rings. The number of alkyl halides is 5. The van der Waals surface area contributed by atoms with Crippen molar-refractivity contribution in [1.82, 2.24) is 4.98 Å². The number of ether oxygens (including phenoxy) is 1.